The standard InChI is InChI=1S/C17H18F3N3O6S/c1-8(29-3)14(17(25)26)22-30(27,28)12-7-23(2)15(13(12)20)16(24)21-9-4-5-10(18)11(19)6-9/h4-8,14,22H,1-3H3,(H,21,24)(H,25,26)/t8-,14+/m1/s1. The summed E-state index contributed by atoms with van der Waals surface area (Å²) in [5.41, 5.74) is -0.923. The summed E-state index contributed by atoms with van der Waals surface area (Å²) < 4.78 is 73.6. The van der Waals surface area contributed by atoms with Crippen LogP contribution < -0.4 is 10.0 Å². The molecule has 0 fully saturated rings. The molecule has 0 saturated carbocycles. The lowest BCUT2D eigenvalue weighted by molar-refractivity contribution is -0.142. The highest BCUT2D eigenvalue weighted by atomic mass is 32.2. The maximum Gasteiger partial charge on any atom is 0.324 e. The van der Waals surface area contributed by atoms with Gasteiger partial charge in [-0.3, -0.25) is 9.59 Å². The fourth-order valence-electron chi connectivity index (χ4n) is 2.49. The number of amides is 1. The number of hydrogen-bond donors (Lipinski definition) is 3. The number of carbonyl (C=O) groups excluding carboxylic acids is 1. The van der Waals surface area contributed by atoms with E-state index in [1.54, 1.807) is 0 Å². The van der Waals surface area contributed by atoms with Crippen LogP contribution in [0.3, 0.4) is 0 Å². The van der Waals surface area contributed by atoms with E-state index in [1.165, 1.54) is 21.1 Å². The SMILES string of the molecule is CO[C@H](C)[C@H](NS(=O)(=O)c1cn(C)c(C(=O)Nc2ccc(F)c(F)c2)c1F)C(=O)O. The average molecular weight is 449 g/mol. The molecule has 3 N–H and O–H groups in total. The summed E-state index contributed by atoms with van der Waals surface area (Å²) in [6.45, 7) is 1.29. The Hall–Kier alpha value is -2.90. The highest BCUT2D eigenvalue weighted by Gasteiger charge is 2.34. The Bertz CT molecular complexity index is 1090. The number of rotatable bonds is 8. The van der Waals surface area contributed by atoms with E-state index in [4.69, 9.17) is 4.74 Å². The smallest absolute Gasteiger partial charge is 0.324 e. The Labute approximate surface area is 169 Å². The Balaban J connectivity index is 2.36. The van der Waals surface area contributed by atoms with Gasteiger partial charge in [0.05, 0.1) is 6.10 Å². The fourth-order valence-corrected chi connectivity index (χ4v) is 3.88. The third-order valence-electron chi connectivity index (χ3n) is 4.16. The van der Waals surface area contributed by atoms with Gasteiger partial charge in [0.2, 0.25) is 10.0 Å². The van der Waals surface area contributed by atoms with Crippen LogP contribution in [0.25, 0.3) is 0 Å². The molecule has 1 aromatic carbocycles. The fraction of sp³-hybridized carbons (Fsp3) is 0.294. The summed E-state index contributed by atoms with van der Waals surface area (Å²) in [6, 6.07) is 0.713. The van der Waals surface area contributed by atoms with Crippen LogP contribution in [0, 0.1) is 17.5 Å². The van der Waals surface area contributed by atoms with Gasteiger partial charge in [0.1, 0.15) is 16.6 Å². The summed E-state index contributed by atoms with van der Waals surface area (Å²) >= 11 is 0. The van der Waals surface area contributed by atoms with E-state index in [2.05, 4.69) is 5.32 Å². The van der Waals surface area contributed by atoms with Gasteiger partial charge in [0.15, 0.2) is 17.5 Å². The molecule has 9 nitrogen and oxygen atoms in total. The minimum atomic E-state index is -4.71. The minimum absolute atomic E-state index is 0.193. The number of methoxy groups -OCH3 is 1. The van der Waals surface area contributed by atoms with E-state index < -0.39 is 62.1 Å². The molecule has 2 atom stereocenters. The van der Waals surface area contributed by atoms with Gasteiger partial charge in [0.25, 0.3) is 5.91 Å². The van der Waals surface area contributed by atoms with E-state index in [-0.39, 0.29) is 5.69 Å². The quantitative estimate of drug-likeness (QED) is 0.560. The molecular weight excluding hydrogens is 431 g/mol. The number of benzene rings is 1. The molecule has 0 bridgehead atoms. The zero-order chi connectivity index (χ0) is 22.8. The first-order valence-corrected chi connectivity index (χ1v) is 9.76. The van der Waals surface area contributed by atoms with Crippen LogP contribution in [0.1, 0.15) is 17.4 Å². The number of sulfonamides is 1. The summed E-state index contributed by atoms with van der Waals surface area (Å²) in [6.07, 6.45) is -0.311. The first kappa shape index (κ1) is 23.4. The predicted octanol–water partition coefficient (Wildman–Crippen LogP) is 1.46. The summed E-state index contributed by atoms with van der Waals surface area (Å²) in [4.78, 5) is 22.7. The van der Waals surface area contributed by atoms with Gasteiger partial charge in [0, 0.05) is 32.1 Å². The topological polar surface area (TPSA) is 127 Å². The molecule has 0 spiro atoms. The maximum absolute atomic E-state index is 14.8. The Kier molecular flexibility index (Phi) is 6.90. The molecule has 0 saturated heterocycles. The molecule has 30 heavy (non-hydrogen) atoms. The lowest BCUT2D eigenvalue weighted by Crippen LogP contribution is -2.48. The predicted molar refractivity (Wildman–Crippen MR) is 97.9 cm³/mol. The minimum Gasteiger partial charge on any atom is -0.480 e. The van der Waals surface area contributed by atoms with E-state index in [1.807, 2.05) is 4.72 Å². The number of aryl methyl sites for hydroxylation is 1. The summed E-state index contributed by atoms with van der Waals surface area (Å²) in [5, 5.41) is 11.3. The third-order valence-corrected chi connectivity index (χ3v) is 5.59. The number of nitrogens with one attached hydrogen (secondary N) is 2. The molecule has 0 unspecified atom stereocenters. The van der Waals surface area contributed by atoms with Crippen LogP contribution >= 0.6 is 0 Å². The second-order valence-electron chi connectivity index (χ2n) is 6.23. The van der Waals surface area contributed by atoms with Crippen molar-refractivity contribution in [3.63, 3.8) is 0 Å². The Morgan fingerprint density at radius 2 is 1.83 bits per heavy atom. The molecule has 1 heterocycles. The number of aromatic nitrogens is 1. The molecule has 0 radical (unpaired) electrons. The number of anilines is 1. The molecule has 164 valence electrons. The van der Waals surface area contributed by atoms with Crippen LogP contribution in [0.2, 0.25) is 0 Å². The molecule has 0 aliphatic heterocycles. The molecule has 2 aromatic rings. The molecule has 1 aromatic heterocycles. The first-order valence-electron chi connectivity index (χ1n) is 8.28. The average Bonchev–Trinajstić information content (AvgIpc) is 2.97. The van der Waals surface area contributed by atoms with Crippen LogP contribution in [0.5, 0.6) is 0 Å². The van der Waals surface area contributed by atoms with Crippen molar-refractivity contribution in [3.8, 4) is 0 Å². The van der Waals surface area contributed by atoms with Crippen molar-refractivity contribution in [3.05, 3.63) is 47.5 Å². The van der Waals surface area contributed by atoms with Crippen LogP contribution in [0.15, 0.2) is 29.3 Å². The molecule has 1 amide bonds. The highest BCUT2D eigenvalue weighted by Crippen LogP contribution is 2.22. The number of hydrogen-bond acceptors (Lipinski definition) is 5. The van der Waals surface area contributed by atoms with Gasteiger partial charge in [-0.1, -0.05) is 0 Å². The van der Waals surface area contributed by atoms with Gasteiger partial charge >= 0.3 is 5.97 Å². The van der Waals surface area contributed by atoms with Crippen LogP contribution in [-0.4, -0.2) is 49.2 Å². The number of nitrogens with zero attached hydrogens (tertiary/aromatic N) is 1. The number of ether oxygens (including phenoxy) is 1. The number of aliphatic carboxylic acids is 1. The molecule has 2 rings (SSSR count). The normalized spacial score (nSPS) is 13.7. The number of carboxylic acid groups (broad SMARTS) is 1. The number of halogens is 3. The van der Waals surface area contributed by atoms with Gasteiger partial charge in [-0.15, -0.1) is 0 Å². The zero-order valence-corrected chi connectivity index (χ0v) is 16.8. The molecule has 0 aliphatic rings. The molecular formula is C17H18F3N3O6S. The second kappa shape index (κ2) is 8.85. The second-order valence-corrected chi connectivity index (χ2v) is 7.91. The van der Waals surface area contributed by atoms with Gasteiger partial charge in [-0.2, -0.15) is 4.72 Å². The van der Waals surface area contributed by atoms with Crippen molar-refractivity contribution in [2.24, 2.45) is 7.05 Å². The van der Waals surface area contributed by atoms with Crippen LogP contribution in [0.4, 0.5) is 18.9 Å². The number of carbonyl (C=O) groups is 2. The molecule has 13 heteroatoms. The lowest BCUT2D eigenvalue weighted by atomic mass is 10.2. The van der Waals surface area contributed by atoms with Crippen molar-refractivity contribution < 1.29 is 41.0 Å². The van der Waals surface area contributed by atoms with E-state index in [0.717, 1.165) is 22.9 Å². The number of carboxylic acids is 1. The van der Waals surface area contributed by atoms with E-state index in [0.29, 0.717) is 6.07 Å². The van der Waals surface area contributed by atoms with Gasteiger partial charge < -0.3 is 19.7 Å². The van der Waals surface area contributed by atoms with Crippen molar-refractivity contribution in [1.29, 1.82) is 0 Å². The van der Waals surface area contributed by atoms with Crippen molar-refractivity contribution in [2.75, 3.05) is 12.4 Å². The van der Waals surface area contributed by atoms with Crippen molar-refractivity contribution in [2.45, 2.75) is 24.0 Å². The third kappa shape index (κ3) is 4.80. The van der Waals surface area contributed by atoms with E-state index >= 15 is 0 Å². The lowest BCUT2D eigenvalue weighted by Gasteiger charge is -2.19. The van der Waals surface area contributed by atoms with Crippen molar-refractivity contribution in [1.82, 2.24) is 9.29 Å². The van der Waals surface area contributed by atoms with Gasteiger partial charge in [-0.05, 0) is 19.1 Å². The summed E-state index contributed by atoms with van der Waals surface area (Å²) in [7, 11) is -2.37. The Morgan fingerprint density at radius 3 is 2.37 bits per heavy atom. The largest absolute Gasteiger partial charge is 0.480 e. The zero-order valence-electron chi connectivity index (χ0n) is 15.9. The molecule has 0 aliphatic carbocycles. The van der Waals surface area contributed by atoms with Crippen molar-refractivity contribution >= 4 is 27.6 Å². The highest BCUT2D eigenvalue weighted by molar-refractivity contribution is 7.89. The van der Waals surface area contributed by atoms with E-state index in [9.17, 15) is 36.3 Å². The summed E-state index contributed by atoms with van der Waals surface area (Å²) in [5.74, 6) is -6.56. The van der Waals surface area contributed by atoms with Crippen LogP contribution in [-0.2, 0) is 26.6 Å². The van der Waals surface area contributed by atoms with Gasteiger partial charge in [-0.25, -0.2) is 21.6 Å². The monoisotopic (exact) mass is 449 g/mol. The Morgan fingerprint density at radius 1 is 1.20 bits per heavy atom. The first-order chi connectivity index (χ1) is 13.9. The maximum atomic E-state index is 14.8.